The van der Waals surface area contributed by atoms with Crippen molar-refractivity contribution in [1.29, 1.82) is 0 Å². The molecular weight excluding hydrogens is 444 g/mol. The Labute approximate surface area is 205 Å². The van der Waals surface area contributed by atoms with E-state index in [1.807, 2.05) is 44.2 Å². The van der Waals surface area contributed by atoms with E-state index in [-0.39, 0.29) is 11.8 Å². The number of nitrogens with one attached hydrogen (secondary N) is 2. The van der Waals surface area contributed by atoms with Gasteiger partial charge < -0.3 is 20.1 Å². The highest BCUT2D eigenvalue weighted by molar-refractivity contribution is 5.94. The minimum atomic E-state index is -0.444. The molecule has 182 valence electrons. The van der Waals surface area contributed by atoms with E-state index in [1.54, 1.807) is 30.3 Å². The maximum absolute atomic E-state index is 12.4. The highest BCUT2D eigenvalue weighted by Gasteiger charge is 2.09. The first-order chi connectivity index (χ1) is 16.8. The number of ether oxygens (including phenoxy) is 2. The Kier molecular flexibility index (Phi) is 9.01. The number of aryl methyl sites for hydroxylation is 2. The third-order valence-electron chi connectivity index (χ3n) is 5.25. The van der Waals surface area contributed by atoms with Crippen LogP contribution in [0.2, 0.25) is 0 Å². The highest BCUT2D eigenvalue weighted by atomic mass is 16.5. The molecular formula is C28H30N2O5. The number of amides is 2. The van der Waals surface area contributed by atoms with Crippen LogP contribution in [-0.4, -0.2) is 24.4 Å². The monoisotopic (exact) mass is 474 g/mol. The van der Waals surface area contributed by atoms with Crippen molar-refractivity contribution >= 4 is 23.5 Å². The molecule has 0 aliphatic carbocycles. The lowest BCUT2D eigenvalue weighted by Crippen LogP contribution is -2.22. The SMILES string of the molecule is CC(=O)Oc1cccc(C(=O)NCc2ccc(NC(=O)CCCOc3c(C)cccc3C)cc2)c1. The average molecular weight is 475 g/mol. The molecule has 0 aliphatic rings. The summed E-state index contributed by atoms with van der Waals surface area (Å²) in [7, 11) is 0. The molecule has 0 spiro atoms. The van der Waals surface area contributed by atoms with Gasteiger partial charge in [0.2, 0.25) is 5.91 Å². The summed E-state index contributed by atoms with van der Waals surface area (Å²) in [4.78, 5) is 35.7. The van der Waals surface area contributed by atoms with E-state index in [9.17, 15) is 14.4 Å². The van der Waals surface area contributed by atoms with Gasteiger partial charge in [0.25, 0.3) is 5.91 Å². The van der Waals surface area contributed by atoms with Crippen LogP contribution in [0.25, 0.3) is 0 Å². The number of hydrogen-bond acceptors (Lipinski definition) is 5. The largest absolute Gasteiger partial charge is 0.493 e. The first kappa shape index (κ1) is 25.5. The normalized spacial score (nSPS) is 10.4. The Morgan fingerprint density at radius 1 is 0.886 bits per heavy atom. The lowest BCUT2D eigenvalue weighted by Gasteiger charge is -2.12. The van der Waals surface area contributed by atoms with Gasteiger partial charge in [-0.2, -0.15) is 0 Å². The standard InChI is InChI=1S/C28H30N2O5/c1-19-7-4-8-20(2)27(19)34-16-6-11-26(32)30-24-14-12-22(13-15-24)18-29-28(33)23-9-5-10-25(17-23)35-21(3)31/h4-5,7-10,12-15,17H,6,11,16,18H2,1-3H3,(H,29,33)(H,30,32). The van der Waals surface area contributed by atoms with Crippen LogP contribution >= 0.6 is 0 Å². The minimum absolute atomic E-state index is 0.0798. The fraction of sp³-hybridized carbons (Fsp3) is 0.250. The quantitative estimate of drug-likeness (QED) is 0.246. The molecule has 7 nitrogen and oxygen atoms in total. The number of carbonyl (C=O) groups excluding carboxylic acids is 3. The van der Waals surface area contributed by atoms with Crippen LogP contribution in [0, 0.1) is 13.8 Å². The van der Waals surface area contributed by atoms with E-state index in [2.05, 4.69) is 10.6 Å². The summed E-state index contributed by atoms with van der Waals surface area (Å²) < 4.78 is 10.9. The fourth-order valence-corrected chi connectivity index (χ4v) is 3.51. The summed E-state index contributed by atoms with van der Waals surface area (Å²) in [6.45, 7) is 6.11. The Hall–Kier alpha value is -4.13. The Bertz CT molecular complexity index is 1170. The minimum Gasteiger partial charge on any atom is -0.493 e. The van der Waals surface area contributed by atoms with Crippen LogP contribution in [0.15, 0.2) is 66.7 Å². The van der Waals surface area contributed by atoms with E-state index in [0.717, 1.165) is 22.4 Å². The lowest BCUT2D eigenvalue weighted by atomic mass is 10.1. The van der Waals surface area contributed by atoms with Crippen LogP contribution in [0.3, 0.4) is 0 Å². The van der Waals surface area contributed by atoms with E-state index in [1.165, 1.54) is 13.0 Å². The zero-order valence-corrected chi connectivity index (χ0v) is 20.2. The molecule has 2 amide bonds. The van der Waals surface area contributed by atoms with E-state index < -0.39 is 5.97 Å². The molecule has 3 aromatic rings. The van der Waals surface area contributed by atoms with Gasteiger partial charge in [0.15, 0.2) is 0 Å². The maximum Gasteiger partial charge on any atom is 0.308 e. The number of benzene rings is 3. The Balaban J connectivity index is 1.41. The molecule has 35 heavy (non-hydrogen) atoms. The summed E-state index contributed by atoms with van der Waals surface area (Å²) in [5.74, 6) is 0.401. The second-order valence-electron chi connectivity index (χ2n) is 8.22. The van der Waals surface area contributed by atoms with Gasteiger partial charge in [-0.25, -0.2) is 0 Å². The van der Waals surface area contributed by atoms with Gasteiger partial charge in [0.05, 0.1) is 6.61 Å². The zero-order valence-electron chi connectivity index (χ0n) is 20.2. The van der Waals surface area contributed by atoms with Crippen molar-refractivity contribution in [2.45, 2.75) is 40.2 Å². The molecule has 0 heterocycles. The predicted octanol–water partition coefficient (Wildman–Crippen LogP) is 4.96. The van der Waals surface area contributed by atoms with Gasteiger partial charge in [0, 0.05) is 31.1 Å². The molecule has 0 saturated carbocycles. The van der Waals surface area contributed by atoms with Crippen LogP contribution in [0.5, 0.6) is 11.5 Å². The number of anilines is 1. The number of para-hydroxylation sites is 1. The number of esters is 1. The molecule has 0 atom stereocenters. The van der Waals surface area contributed by atoms with Crippen molar-refractivity contribution in [3.8, 4) is 11.5 Å². The molecule has 3 aromatic carbocycles. The van der Waals surface area contributed by atoms with Crippen LogP contribution in [0.4, 0.5) is 5.69 Å². The Morgan fingerprint density at radius 2 is 1.57 bits per heavy atom. The topological polar surface area (TPSA) is 93.7 Å². The van der Waals surface area contributed by atoms with Gasteiger partial charge in [-0.15, -0.1) is 0 Å². The molecule has 0 aromatic heterocycles. The first-order valence-electron chi connectivity index (χ1n) is 11.5. The summed E-state index contributed by atoms with van der Waals surface area (Å²) in [5, 5.41) is 5.71. The molecule has 3 rings (SSSR count). The smallest absolute Gasteiger partial charge is 0.308 e. The molecule has 0 bridgehead atoms. The average Bonchev–Trinajstić information content (AvgIpc) is 2.82. The third-order valence-corrected chi connectivity index (χ3v) is 5.25. The lowest BCUT2D eigenvalue weighted by molar-refractivity contribution is -0.131. The fourth-order valence-electron chi connectivity index (χ4n) is 3.51. The third kappa shape index (κ3) is 7.99. The van der Waals surface area contributed by atoms with Crippen LogP contribution in [0.1, 0.15) is 46.8 Å². The predicted molar refractivity (Wildman–Crippen MR) is 135 cm³/mol. The second kappa shape index (κ2) is 12.4. The number of rotatable bonds is 10. The van der Waals surface area contributed by atoms with Crippen molar-refractivity contribution in [3.63, 3.8) is 0 Å². The van der Waals surface area contributed by atoms with E-state index in [4.69, 9.17) is 9.47 Å². The first-order valence-corrected chi connectivity index (χ1v) is 11.5. The van der Waals surface area contributed by atoms with Crippen LogP contribution in [-0.2, 0) is 16.1 Å². The van der Waals surface area contributed by atoms with Crippen LogP contribution < -0.4 is 20.1 Å². The molecule has 0 saturated heterocycles. The van der Waals surface area contributed by atoms with Gasteiger partial charge in [-0.3, -0.25) is 14.4 Å². The van der Waals surface area contributed by atoms with Crippen molar-refractivity contribution in [2.24, 2.45) is 0 Å². The summed E-state index contributed by atoms with van der Waals surface area (Å²) in [6.07, 6.45) is 0.970. The van der Waals surface area contributed by atoms with Gasteiger partial charge in [-0.05, 0) is 67.3 Å². The molecule has 2 N–H and O–H groups in total. The Morgan fingerprint density at radius 3 is 2.26 bits per heavy atom. The highest BCUT2D eigenvalue weighted by Crippen LogP contribution is 2.22. The number of carbonyl (C=O) groups is 3. The summed E-state index contributed by atoms with van der Waals surface area (Å²) in [5.41, 5.74) is 4.14. The summed E-state index contributed by atoms with van der Waals surface area (Å²) >= 11 is 0. The van der Waals surface area contributed by atoms with E-state index >= 15 is 0 Å². The van der Waals surface area contributed by atoms with Gasteiger partial charge in [0.1, 0.15) is 11.5 Å². The van der Waals surface area contributed by atoms with Crippen molar-refractivity contribution in [2.75, 3.05) is 11.9 Å². The molecule has 0 aliphatic heterocycles. The molecule has 7 heteroatoms. The second-order valence-corrected chi connectivity index (χ2v) is 8.22. The molecule has 0 unspecified atom stereocenters. The molecule has 0 fully saturated rings. The van der Waals surface area contributed by atoms with E-state index in [0.29, 0.717) is 43.0 Å². The van der Waals surface area contributed by atoms with Gasteiger partial charge in [-0.1, -0.05) is 36.4 Å². The maximum atomic E-state index is 12.4. The zero-order chi connectivity index (χ0) is 25.2. The molecule has 0 radical (unpaired) electrons. The van der Waals surface area contributed by atoms with Gasteiger partial charge >= 0.3 is 5.97 Å². The summed E-state index contributed by atoms with van der Waals surface area (Å²) in [6, 6.07) is 19.7. The van der Waals surface area contributed by atoms with Crippen molar-refractivity contribution < 1.29 is 23.9 Å². The van der Waals surface area contributed by atoms with Crippen molar-refractivity contribution in [1.82, 2.24) is 5.32 Å². The number of hydrogen-bond donors (Lipinski definition) is 2. The van der Waals surface area contributed by atoms with Crippen molar-refractivity contribution in [3.05, 3.63) is 89.0 Å².